The number of rotatable bonds is 5. The topological polar surface area (TPSA) is 25.8 Å². The number of fused-ring (bicyclic) bond motifs is 3. The quantitative estimate of drug-likeness (QED) is 0.323. The molecule has 0 saturated carbocycles. The monoisotopic (exact) mass is 326 g/mol. The van der Waals surface area contributed by atoms with Gasteiger partial charge in [-0.1, -0.05) is 74.4 Å². The van der Waals surface area contributed by atoms with E-state index in [-0.39, 0.29) is 0 Å². The highest BCUT2D eigenvalue weighted by molar-refractivity contribution is 6.04. The van der Waals surface area contributed by atoms with Crippen LogP contribution in [-0.2, 0) is 6.42 Å². The van der Waals surface area contributed by atoms with Crippen molar-refractivity contribution >= 4 is 21.8 Å². The fraction of sp³-hybridized carbons (Fsp3) is 0.217. The molecule has 0 fully saturated rings. The second-order valence-electron chi connectivity index (χ2n) is 6.60. The molecule has 0 atom stereocenters. The van der Waals surface area contributed by atoms with Crippen molar-refractivity contribution in [1.82, 2.24) is 10.2 Å². The van der Waals surface area contributed by atoms with Crippen molar-refractivity contribution in [3.63, 3.8) is 0 Å². The maximum Gasteiger partial charge on any atom is 0.0942 e. The highest BCUT2D eigenvalue weighted by Crippen LogP contribution is 2.27. The first-order chi connectivity index (χ1) is 12.3. The van der Waals surface area contributed by atoms with Gasteiger partial charge in [-0.3, -0.25) is 0 Å². The lowest BCUT2D eigenvalue weighted by Crippen LogP contribution is -1.89. The second-order valence-corrected chi connectivity index (χ2v) is 6.60. The molecule has 2 heteroatoms. The number of aryl methyl sites for hydroxylation is 1. The van der Waals surface area contributed by atoms with Crippen LogP contribution in [0.15, 0.2) is 66.7 Å². The first-order valence-electron chi connectivity index (χ1n) is 9.09. The molecule has 4 aromatic rings. The third kappa shape index (κ3) is 3.25. The van der Waals surface area contributed by atoms with Gasteiger partial charge < -0.3 is 0 Å². The summed E-state index contributed by atoms with van der Waals surface area (Å²) < 4.78 is 0. The summed E-state index contributed by atoms with van der Waals surface area (Å²) in [6.07, 6.45) is 5.02. The zero-order chi connectivity index (χ0) is 17.1. The van der Waals surface area contributed by atoms with E-state index in [1.54, 1.807) is 0 Å². The van der Waals surface area contributed by atoms with Gasteiger partial charge in [0.2, 0.25) is 0 Å². The minimum Gasteiger partial charge on any atom is -0.150 e. The highest BCUT2D eigenvalue weighted by atomic mass is 15.1. The summed E-state index contributed by atoms with van der Waals surface area (Å²) in [6.45, 7) is 2.24. The molecule has 3 aromatic carbocycles. The van der Waals surface area contributed by atoms with Crippen molar-refractivity contribution in [2.24, 2.45) is 0 Å². The van der Waals surface area contributed by atoms with Crippen LogP contribution in [0.4, 0.5) is 0 Å². The van der Waals surface area contributed by atoms with Crippen LogP contribution in [0.25, 0.3) is 32.9 Å². The summed E-state index contributed by atoms with van der Waals surface area (Å²) in [5, 5.41) is 11.1. The molecule has 4 rings (SSSR count). The van der Waals surface area contributed by atoms with Crippen LogP contribution in [-0.4, -0.2) is 10.2 Å². The number of benzene rings is 3. The molecule has 0 bridgehead atoms. The summed E-state index contributed by atoms with van der Waals surface area (Å²) in [6, 6.07) is 23.6. The first-order valence-corrected chi connectivity index (χ1v) is 9.09. The lowest BCUT2D eigenvalue weighted by molar-refractivity contribution is 0.717. The van der Waals surface area contributed by atoms with Gasteiger partial charge in [0, 0.05) is 10.8 Å². The minimum absolute atomic E-state index is 0.944. The molecule has 0 unspecified atom stereocenters. The van der Waals surface area contributed by atoms with E-state index in [0.717, 1.165) is 21.8 Å². The molecule has 0 aliphatic carbocycles. The Morgan fingerprint density at radius 1 is 0.680 bits per heavy atom. The maximum atomic E-state index is 4.41. The number of aromatic nitrogens is 2. The van der Waals surface area contributed by atoms with E-state index >= 15 is 0 Å². The Labute approximate surface area is 148 Å². The van der Waals surface area contributed by atoms with E-state index in [1.807, 2.05) is 12.1 Å². The molecule has 124 valence electrons. The fourth-order valence-electron chi connectivity index (χ4n) is 3.36. The van der Waals surface area contributed by atoms with Gasteiger partial charge in [-0.15, -0.1) is 10.2 Å². The standard InChI is InChI=1S/C23H22N2/c1-2-3-4-7-17-10-12-18(13-11-17)19-14-15-21-20-8-5-6-9-22(20)24-25-23(21)16-19/h5-6,8-16H,2-4,7H2,1H3. The van der Waals surface area contributed by atoms with E-state index in [4.69, 9.17) is 0 Å². The van der Waals surface area contributed by atoms with Gasteiger partial charge in [0.25, 0.3) is 0 Å². The fourth-order valence-corrected chi connectivity index (χ4v) is 3.36. The molecule has 1 aromatic heterocycles. The lowest BCUT2D eigenvalue weighted by Gasteiger charge is -2.07. The third-order valence-corrected chi connectivity index (χ3v) is 4.81. The summed E-state index contributed by atoms with van der Waals surface area (Å²) >= 11 is 0. The van der Waals surface area contributed by atoms with Gasteiger partial charge in [-0.05, 0) is 41.7 Å². The normalized spacial score (nSPS) is 11.2. The minimum atomic E-state index is 0.944. The van der Waals surface area contributed by atoms with Gasteiger partial charge in [0.05, 0.1) is 11.0 Å². The molecule has 0 spiro atoms. The number of hydrogen-bond acceptors (Lipinski definition) is 2. The molecule has 0 N–H and O–H groups in total. The number of unbranched alkanes of at least 4 members (excludes halogenated alkanes) is 2. The third-order valence-electron chi connectivity index (χ3n) is 4.81. The molecule has 0 radical (unpaired) electrons. The van der Waals surface area contributed by atoms with E-state index in [0.29, 0.717) is 0 Å². The Balaban J connectivity index is 1.66. The van der Waals surface area contributed by atoms with Gasteiger partial charge in [-0.2, -0.15) is 0 Å². The van der Waals surface area contributed by atoms with Crippen molar-refractivity contribution in [3.8, 4) is 11.1 Å². The van der Waals surface area contributed by atoms with Gasteiger partial charge >= 0.3 is 0 Å². The van der Waals surface area contributed by atoms with Gasteiger partial charge in [0.1, 0.15) is 0 Å². The highest BCUT2D eigenvalue weighted by Gasteiger charge is 2.05. The van der Waals surface area contributed by atoms with Crippen LogP contribution in [0.5, 0.6) is 0 Å². The largest absolute Gasteiger partial charge is 0.150 e. The van der Waals surface area contributed by atoms with Crippen molar-refractivity contribution in [2.45, 2.75) is 32.6 Å². The Hall–Kier alpha value is -2.74. The second kappa shape index (κ2) is 7.02. The van der Waals surface area contributed by atoms with E-state index in [9.17, 15) is 0 Å². The predicted molar refractivity (Wildman–Crippen MR) is 106 cm³/mol. The van der Waals surface area contributed by atoms with Crippen molar-refractivity contribution in [1.29, 1.82) is 0 Å². The van der Waals surface area contributed by atoms with Gasteiger partial charge in [-0.25, -0.2) is 0 Å². The summed E-state index contributed by atoms with van der Waals surface area (Å²) in [4.78, 5) is 0. The summed E-state index contributed by atoms with van der Waals surface area (Å²) in [7, 11) is 0. The Bertz CT molecular complexity index is 1000. The average molecular weight is 326 g/mol. The molecule has 25 heavy (non-hydrogen) atoms. The van der Waals surface area contributed by atoms with E-state index in [2.05, 4.69) is 71.7 Å². The Morgan fingerprint density at radius 3 is 2.24 bits per heavy atom. The molecule has 0 aliphatic heterocycles. The Kier molecular flexibility index (Phi) is 4.43. The first kappa shape index (κ1) is 15.8. The number of nitrogens with zero attached hydrogens (tertiary/aromatic N) is 2. The SMILES string of the molecule is CCCCCc1ccc(-c2ccc3c(c2)nnc2ccccc23)cc1. The zero-order valence-corrected chi connectivity index (χ0v) is 14.6. The van der Waals surface area contributed by atoms with Gasteiger partial charge in [0.15, 0.2) is 0 Å². The molecular weight excluding hydrogens is 304 g/mol. The van der Waals surface area contributed by atoms with Crippen LogP contribution in [0, 0.1) is 0 Å². The molecule has 2 nitrogen and oxygen atoms in total. The Morgan fingerprint density at radius 2 is 1.40 bits per heavy atom. The van der Waals surface area contributed by atoms with E-state index < -0.39 is 0 Å². The molecule has 0 saturated heterocycles. The van der Waals surface area contributed by atoms with Crippen molar-refractivity contribution in [3.05, 3.63) is 72.3 Å². The van der Waals surface area contributed by atoms with Crippen LogP contribution in [0.1, 0.15) is 31.7 Å². The van der Waals surface area contributed by atoms with Crippen molar-refractivity contribution < 1.29 is 0 Å². The zero-order valence-electron chi connectivity index (χ0n) is 14.6. The molecule has 0 amide bonds. The lowest BCUT2D eigenvalue weighted by atomic mass is 9.99. The molecule has 0 aliphatic rings. The molecule has 1 heterocycles. The summed E-state index contributed by atoms with van der Waals surface area (Å²) in [5.41, 5.74) is 5.74. The summed E-state index contributed by atoms with van der Waals surface area (Å²) in [5.74, 6) is 0. The molecular formula is C23H22N2. The average Bonchev–Trinajstić information content (AvgIpc) is 2.68. The van der Waals surface area contributed by atoms with Crippen LogP contribution in [0.3, 0.4) is 0 Å². The maximum absolute atomic E-state index is 4.41. The van der Waals surface area contributed by atoms with Crippen molar-refractivity contribution in [2.75, 3.05) is 0 Å². The van der Waals surface area contributed by atoms with Crippen LogP contribution >= 0.6 is 0 Å². The smallest absolute Gasteiger partial charge is 0.0942 e. The van der Waals surface area contributed by atoms with E-state index in [1.165, 1.54) is 42.4 Å². The van der Waals surface area contributed by atoms with Crippen LogP contribution in [0.2, 0.25) is 0 Å². The predicted octanol–water partition coefficient (Wildman–Crippen LogP) is 6.18. The van der Waals surface area contributed by atoms with Crippen LogP contribution < -0.4 is 0 Å². The number of hydrogen-bond donors (Lipinski definition) is 0.